The van der Waals surface area contributed by atoms with Crippen molar-refractivity contribution in [2.45, 2.75) is 10.6 Å². The molecule has 0 saturated carbocycles. The lowest BCUT2D eigenvalue weighted by Crippen LogP contribution is -2.09. The molecule has 0 aliphatic heterocycles. The van der Waals surface area contributed by atoms with Crippen molar-refractivity contribution in [3.63, 3.8) is 0 Å². The van der Waals surface area contributed by atoms with E-state index in [1.54, 1.807) is 11.8 Å². The normalized spacial score (nSPS) is 10.2. The molecule has 0 bridgehead atoms. The van der Waals surface area contributed by atoms with E-state index in [-0.39, 0.29) is 11.4 Å². The van der Waals surface area contributed by atoms with Gasteiger partial charge < -0.3 is 10.5 Å². The lowest BCUT2D eigenvalue weighted by Gasteiger charge is -2.05. The van der Waals surface area contributed by atoms with Gasteiger partial charge in [0.15, 0.2) is 0 Å². The van der Waals surface area contributed by atoms with Crippen molar-refractivity contribution in [1.29, 1.82) is 0 Å². The molecule has 5 nitrogen and oxygen atoms in total. The molecular formula is C13H13N3O2S. The van der Waals surface area contributed by atoms with E-state index in [9.17, 15) is 4.79 Å². The van der Waals surface area contributed by atoms with Crippen LogP contribution in [-0.2, 0) is 10.5 Å². The molecule has 2 rings (SSSR count). The van der Waals surface area contributed by atoms with Crippen LogP contribution in [0.15, 0.2) is 41.4 Å². The minimum Gasteiger partial charge on any atom is -0.465 e. The molecule has 2 aromatic rings. The summed E-state index contributed by atoms with van der Waals surface area (Å²) in [6, 6.07) is 9.92. The Balaban J connectivity index is 2.06. The fraction of sp³-hybridized carbons (Fsp3) is 0.154. The van der Waals surface area contributed by atoms with Gasteiger partial charge in [-0.25, -0.2) is 14.8 Å². The van der Waals surface area contributed by atoms with Crippen LogP contribution < -0.4 is 5.73 Å². The van der Waals surface area contributed by atoms with Crippen LogP contribution in [0.5, 0.6) is 0 Å². The molecule has 0 unspecified atom stereocenters. The first kappa shape index (κ1) is 13.4. The second-order valence-corrected chi connectivity index (χ2v) is 4.73. The first-order valence-corrected chi connectivity index (χ1v) is 6.57. The van der Waals surface area contributed by atoms with E-state index in [0.29, 0.717) is 11.6 Å². The van der Waals surface area contributed by atoms with Crippen molar-refractivity contribution in [1.82, 2.24) is 9.97 Å². The highest BCUT2D eigenvalue weighted by Gasteiger charge is 2.12. The Kier molecular flexibility index (Phi) is 4.35. The third-order valence-electron chi connectivity index (χ3n) is 2.38. The maximum Gasteiger partial charge on any atom is 0.343 e. The third kappa shape index (κ3) is 3.45. The van der Waals surface area contributed by atoms with Crippen molar-refractivity contribution in [3.05, 3.63) is 47.9 Å². The van der Waals surface area contributed by atoms with Gasteiger partial charge in [0.25, 0.3) is 0 Å². The van der Waals surface area contributed by atoms with Gasteiger partial charge in [-0.15, -0.1) is 11.8 Å². The Bertz CT molecular complexity index is 575. The lowest BCUT2D eigenvalue weighted by molar-refractivity contribution is 0.0601. The third-order valence-corrected chi connectivity index (χ3v) is 3.39. The summed E-state index contributed by atoms with van der Waals surface area (Å²) >= 11 is 1.61. The van der Waals surface area contributed by atoms with E-state index in [2.05, 4.69) is 14.7 Å². The molecular weight excluding hydrogens is 262 g/mol. The molecule has 1 aromatic carbocycles. The summed E-state index contributed by atoms with van der Waals surface area (Å²) in [4.78, 5) is 20.7. The van der Waals surface area contributed by atoms with Crippen LogP contribution in [0.4, 0.5) is 5.82 Å². The summed E-state index contributed by atoms with van der Waals surface area (Å²) in [5.41, 5.74) is 5.90. The number of rotatable bonds is 4. The molecule has 0 amide bonds. The molecule has 2 N–H and O–H groups in total. The number of anilines is 1. The molecule has 0 saturated heterocycles. The number of benzene rings is 1. The van der Waals surface area contributed by atoms with Crippen LogP contribution in [-0.4, -0.2) is 23.0 Å². The minimum absolute atomic E-state index is 0.144. The molecule has 0 atom stereocenters. The zero-order valence-corrected chi connectivity index (χ0v) is 11.2. The Labute approximate surface area is 115 Å². The first-order valence-electron chi connectivity index (χ1n) is 5.58. The molecule has 1 heterocycles. The van der Waals surface area contributed by atoms with Gasteiger partial charge in [0.05, 0.1) is 12.9 Å². The molecule has 1 aromatic heterocycles. The molecule has 0 aliphatic rings. The molecule has 98 valence electrons. The van der Waals surface area contributed by atoms with Crippen LogP contribution in [0.1, 0.15) is 16.2 Å². The van der Waals surface area contributed by atoms with Crippen LogP contribution in [0, 0.1) is 0 Å². The van der Waals surface area contributed by atoms with Crippen LogP contribution in [0.3, 0.4) is 0 Å². The van der Waals surface area contributed by atoms with E-state index in [0.717, 1.165) is 4.90 Å². The van der Waals surface area contributed by atoms with E-state index < -0.39 is 5.97 Å². The molecule has 6 heteroatoms. The topological polar surface area (TPSA) is 78.1 Å². The number of carbonyl (C=O) groups is 1. The van der Waals surface area contributed by atoms with Gasteiger partial charge in [-0.3, -0.25) is 0 Å². The predicted molar refractivity (Wildman–Crippen MR) is 73.8 cm³/mol. The minimum atomic E-state index is -0.528. The molecule has 0 spiro atoms. The molecule has 0 radical (unpaired) electrons. The highest BCUT2D eigenvalue weighted by atomic mass is 32.2. The smallest absolute Gasteiger partial charge is 0.343 e. The quantitative estimate of drug-likeness (QED) is 0.680. The fourth-order valence-electron chi connectivity index (χ4n) is 1.43. The average Bonchev–Trinajstić information content (AvgIpc) is 2.45. The predicted octanol–water partition coefficient (Wildman–Crippen LogP) is 2.14. The van der Waals surface area contributed by atoms with Crippen molar-refractivity contribution in [3.8, 4) is 0 Å². The van der Waals surface area contributed by atoms with Crippen molar-refractivity contribution in [2.24, 2.45) is 0 Å². The highest BCUT2D eigenvalue weighted by molar-refractivity contribution is 7.98. The summed E-state index contributed by atoms with van der Waals surface area (Å²) < 4.78 is 4.58. The zero-order valence-electron chi connectivity index (χ0n) is 10.4. The van der Waals surface area contributed by atoms with Gasteiger partial charge in [-0.2, -0.15) is 0 Å². The summed E-state index contributed by atoms with van der Waals surface area (Å²) in [5.74, 6) is 0.791. The largest absolute Gasteiger partial charge is 0.465 e. The SMILES string of the molecule is COC(=O)c1cnc(CSc2ccccc2)nc1N. The summed E-state index contributed by atoms with van der Waals surface area (Å²) in [6.45, 7) is 0. The number of thioether (sulfide) groups is 1. The zero-order chi connectivity index (χ0) is 13.7. The molecule has 0 aliphatic carbocycles. The number of aromatic nitrogens is 2. The number of hydrogen-bond acceptors (Lipinski definition) is 6. The average molecular weight is 275 g/mol. The monoisotopic (exact) mass is 275 g/mol. The number of nitrogens with zero attached hydrogens (tertiary/aromatic N) is 2. The van der Waals surface area contributed by atoms with E-state index in [4.69, 9.17) is 5.73 Å². The maximum absolute atomic E-state index is 11.3. The number of nitrogens with two attached hydrogens (primary N) is 1. The van der Waals surface area contributed by atoms with Gasteiger partial charge in [-0.05, 0) is 12.1 Å². The Hall–Kier alpha value is -2.08. The maximum atomic E-state index is 11.3. The summed E-state index contributed by atoms with van der Waals surface area (Å²) in [5, 5.41) is 0. The van der Waals surface area contributed by atoms with Crippen LogP contribution >= 0.6 is 11.8 Å². The Morgan fingerprint density at radius 3 is 2.74 bits per heavy atom. The van der Waals surface area contributed by atoms with Crippen LogP contribution in [0.25, 0.3) is 0 Å². The summed E-state index contributed by atoms with van der Waals surface area (Å²) in [7, 11) is 1.29. The van der Waals surface area contributed by atoms with Gasteiger partial charge in [0.1, 0.15) is 17.2 Å². The number of esters is 1. The number of carbonyl (C=O) groups excluding carboxylic acids is 1. The van der Waals surface area contributed by atoms with E-state index >= 15 is 0 Å². The fourth-order valence-corrected chi connectivity index (χ4v) is 2.22. The molecule has 19 heavy (non-hydrogen) atoms. The van der Waals surface area contributed by atoms with E-state index in [1.807, 2.05) is 30.3 Å². The Morgan fingerprint density at radius 2 is 2.11 bits per heavy atom. The second kappa shape index (κ2) is 6.19. The lowest BCUT2D eigenvalue weighted by atomic mass is 10.3. The van der Waals surface area contributed by atoms with Crippen LogP contribution in [0.2, 0.25) is 0 Å². The van der Waals surface area contributed by atoms with Gasteiger partial charge in [0, 0.05) is 11.1 Å². The summed E-state index contributed by atoms with van der Waals surface area (Å²) in [6.07, 6.45) is 1.40. The highest BCUT2D eigenvalue weighted by Crippen LogP contribution is 2.21. The molecule has 0 fully saturated rings. The number of hydrogen-bond donors (Lipinski definition) is 1. The Morgan fingerprint density at radius 1 is 1.37 bits per heavy atom. The van der Waals surface area contributed by atoms with Crippen molar-refractivity contribution < 1.29 is 9.53 Å². The van der Waals surface area contributed by atoms with E-state index in [1.165, 1.54) is 13.3 Å². The first-order chi connectivity index (χ1) is 9.20. The standard InChI is InChI=1S/C13H13N3O2S/c1-18-13(17)10-7-15-11(16-12(10)14)8-19-9-5-3-2-4-6-9/h2-7H,8H2,1H3,(H2,14,15,16). The van der Waals surface area contributed by atoms with Gasteiger partial charge in [0.2, 0.25) is 0 Å². The second-order valence-electron chi connectivity index (χ2n) is 3.68. The van der Waals surface area contributed by atoms with Crippen molar-refractivity contribution in [2.75, 3.05) is 12.8 Å². The van der Waals surface area contributed by atoms with Crippen molar-refractivity contribution >= 4 is 23.5 Å². The number of methoxy groups -OCH3 is 1. The van der Waals surface area contributed by atoms with Gasteiger partial charge >= 0.3 is 5.97 Å². The number of ether oxygens (including phenoxy) is 1. The number of nitrogen functional groups attached to an aromatic ring is 1. The van der Waals surface area contributed by atoms with Gasteiger partial charge in [-0.1, -0.05) is 18.2 Å².